The SMILES string of the molecule is C=CC=CCC(=C)CCC. The van der Waals surface area contributed by atoms with E-state index in [2.05, 4.69) is 26.2 Å². The van der Waals surface area contributed by atoms with Crippen LogP contribution in [-0.2, 0) is 0 Å². The van der Waals surface area contributed by atoms with Crippen LogP contribution in [0.1, 0.15) is 26.2 Å². The van der Waals surface area contributed by atoms with Gasteiger partial charge >= 0.3 is 0 Å². The van der Waals surface area contributed by atoms with Crippen LogP contribution < -0.4 is 0 Å². The van der Waals surface area contributed by atoms with Gasteiger partial charge in [-0.2, -0.15) is 0 Å². The molecule has 0 fully saturated rings. The van der Waals surface area contributed by atoms with Crippen molar-refractivity contribution in [3.05, 3.63) is 37.0 Å². The van der Waals surface area contributed by atoms with Crippen molar-refractivity contribution in [3.8, 4) is 0 Å². The summed E-state index contributed by atoms with van der Waals surface area (Å²) in [6.45, 7) is 9.69. The van der Waals surface area contributed by atoms with E-state index in [1.54, 1.807) is 6.08 Å². The van der Waals surface area contributed by atoms with Crippen molar-refractivity contribution in [3.63, 3.8) is 0 Å². The quantitative estimate of drug-likeness (QED) is 0.401. The highest BCUT2D eigenvalue weighted by Gasteiger charge is 1.86. The van der Waals surface area contributed by atoms with Crippen molar-refractivity contribution in [2.24, 2.45) is 0 Å². The number of rotatable bonds is 5. The molecule has 0 spiro atoms. The minimum absolute atomic E-state index is 1.000. The lowest BCUT2D eigenvalue weighted by Gasteiger charge is -1.96. The van der Waals surface area contributed by atoms with Crippen LogP contribution in [0.3, 0.4) is 0 Å². The molecule has 56 valence electrons. The molecule has 0 aliphatic rings. The molecular formula is C10H16. The van der Waals surface area contributed by atoms with Gasteiger partial charge in [0, 0.05) is 0 Å². The normalized spacial score (nSPS) is 10.1. The first-order valence-electron chi connectivity index (χ1n) is 3.75. The molecule has 0 aromatic carbocycles. The van der Waals surface area contributed by atoms with Gasteiger partial charge in [0.15, 0.2) is 0 Å². The van der Waals surface area contributed by atoms with Gasteiger partial charge in [-0.3, -0.25) is 0 Å². The zero-order valence-electron chi connectivity index (χ0n) is 6.77. The Labute approximate surface area is 64.0 Å². The molecule has 0 bridgehead atoms. The van der Waals surface area contributed by atoms with E-state index in [-0.39, 0.29) is 0 Å². The van der Waals surface area contributed by atoms with E-state index in [0.29, 0.717) is 0 Å². The lowest BCUT2D eigenvalue weighted by Crippen LogP contribution is -1.76. The Morgan fingerprint density at radius 3 is 2.70 bits per heavy atom. The summed E-state index contributed by atoms with van der Waals surface area (Å²) >= 11 is 0. The summed E-state index contributed by atoms with van der Waals surface area (Å²) in [6, 6.07) is 0. The summed E-state index contributed by atoms with van der Waals surface area (Å²) in [4.78, 5) is 0. The largest absolute Gasteiger partial charge is 0.0995 e. The monoisotopic (exact) mass is 136 g/mol. The first-order valence-corrected chi connectivity index (χ1v) is 3.75. The maximum Gasteiger partial charge on any atom is -0.0138 e. The van der Waals surface area contributed by atoms with Gasteiger partial charge in [-0.15, -0.1) is 0 Å². The third-order valence-electron chi connectivity index (χ3n) is 1.28. The Bertz CT molecular complexity index is 129. The molecular weight excluding hydrogens is 120 g/mol. The van der Waals surface area contributed by atoms with Gasteiger partial charge in [-0.05, 0) is 12.8 Å². The molecule has 0 aliphatic carbocycles. The van der Waals surface area contributed by atoms with Crippen molar-refractivity contribution >= 4 is 0 Å². The van der Waals surface area contributed by atoms with Crippen LogP contribution in [0.4, 0.5) is 0 Å². The molecule has 0 amide bonds. The minimum atomic E-state index is 1.000. The molecule has 0 aromatic rings. The van der Waals surface area contributed by atoms with Gasteiger partial charge in [-0.1, -0.05) is 50.3 Å². The van der Waals surface area contributed by atoms with Crippen LogP contribution in [0.5, 0.6) is 0 Å². The van der Waals surface area contributed by atoms with Gasteiger partial charge in [0.1, 0.15) is 0 Å². The second kappa shape index (κ2) is 6.34. The van der Waals surface area contributed by atoms with Crippen LogP contribution in [0.25, 0.3) is 0 Å². The number of allylic oxidation sites excluding steroid dienone is 4. The summed E-state index contributed by atoms with van der Waals surface area (Å²) in [7, 11) is 0. The highest BCUT2D eigenvalue weighted by Crippen LogP contribution is 2.06. The van der Waals surface area contributed by atoms with Crippen LogP contribution in [0.2, 0.25) is 0 Å². The van der Waals surface area contributed by atoms with Gasteiger partial charge in [0.05, 0.1) is 0 Å². The predicted octanol–water partition coefficient (Wildman–Crippen LogP) is 3.48. The first-order chi connectivity index (χ1) is 4.81. The molecule has 0 heterocycles. The number of hydrogen-bond donors (Lipinski definition) is 0. The van der Waals surface area contributed by atoms with Gasteiger partial charge < -0.3 is 0 Å². The zero-order valence-corrected chi connectivity index (χ0v) is 6.77. The van der Waals surface area contributed by atoms with Crippen LogP contribution in [0, 0.1) is 0 Å². The van der Waals surface area contributed by atoms with Gasteiger partial charge in [0.2, 0.25) is 0 Å². The molecule has 0 aromatic heterocycles. The Kier molecular flexibility index (Phi) is 5.85. The van der Waals surface area contributed by atoms with Crippen molar-refractivity contribution in [1.82, 2.24) is 0 Å². The molecule has 0 saturated carbocycles. The third kappa shape index (κ3) is 5.36. The van der Waals surface area contributed by atoms with Crippen LogP contribution in [0.15, 0.2) is 37.0 Å². The van der Waals surface area contributed by atoms with Crippen molar-refractivity contribution in [2.75, 3.05) is 0 Å². The fraction of sp³-hybridized carbons (Fsp3) is 0.400. The summed E-state index contributed by atoms with van der Waals surface area (Å²) in [5.41, 5.74) is 1.31. The van der Waals surface area contributed by atoms with Crippen molar-refractivity contribution in [2.45, 2.75) is 26.2 Å². The van der Waals surface area contributed by atoms with E-state index in [4.69, 9.17) is 0 Å². The average Bonchev–Trinajstić information content (AvgIpc) is 1.89. The Balaban J connectivity index is 3.38. The Morgan fingerprint density at radius 1 is 1.50 bits per heavy atom. The fourth-order valence-corrected chi connectivity index (χ4v) is 0.787. The van der Waals surface area contributed by atoms with E-state index in [0.717, 1.165) is 12.8 Å². The van der Waals surface area contributed by atoms with Gasteiger partial charge in [0.25, 0.3) is 0 Å². The molecule has 10 heavy (non-hydrogen) atoms. The standard InChI is InChI=1S/C10H16/c1-4-6-7-9-10(3)8-5-2/h4,6-7H,1,3,5,8-9H2,2H3. The third-order valence-corrected chi connectivity index (χ3v) is 1.28. The lowest BCUT2D eigenvalue weighted by molar-refractivity contribution is 0.884. The zero-order chi connectivity index (χ0) is 7.82. The van der Waals surface area contributed by atoms with E-state index >= 15 is 0 Å². The molecule has 0 nitrogen and oxygen atoms in total. The summed E-state index contributed by atoms with van der Waals surface area (Å²) in [5.74, 6) is 0. The molecule has 0 saturated heterocycles. The molecule has 0 unspecified atom stereocenters. The summed E-state index contributed by atoms with van der Waals surface area (Å²) < 4.78 is 0. The Hall–Kier alpha value is -0.780. The summed E-state index contributed by atoms with van der Waals surface area (Å²) in [6.07, 6.45) is 9.17. The maximum absolute atomic E-state index is 3.93. The summed E-state index contributed by atoms with van der Waals surface area (Å²) in [5, 5.41) is 0. The molecule has 0 rings (SSSR count). The topological polar surface area (TPSA) is 0 Å². The fourth-order valence-electron chi connectivity index (χ4n) is 0.787. The van der Waals surface area contributed by atoms with Gasteiger partial charge in [-0.25, -0.2) is 0 Å². The second-order valence-corrected chi connectivity index (χ2v) is 2.37. The van der Waals surface area contributed by atoms with Crippen molar-refractivity contribution in [1.29, 1.82) is 0 Å². The van der Waals surface area contributed by atoms with E-state index in [9.17, 15) is 0 Å². The molecule has 0 aliphatic heterocycles. The highest BCUT2D eigenvalue weighted by molar-refractivity contribution is 5.06. The second-order valence-electron chi connectivity index (χ2n) is 2.37. The van der Waals surface area contributed by atoms with Crippen LogP contribution >= 0.6 is 0 Å². The average molecular weight is 136 g/mol. The molecule has 0 atom stereocenters. The maximum atomic E-state index is 3.93. The molecule has 0 radical (unpaired) electrons. The number of hydrogen-bond acceptors (Lipinski definition) is 0. The molecule has 0 heteroatoms. The van der Waals surface area contributed by atoms with E-state index in [1.807, 2.05) is 6.08 Å². The van der Waals surface area contributed by atoms with E-state index < -0.39 is 0 Å². The lowest BCUT2D eigenvalue weighted by atomic mass is 10.1. The first kappa shape index (κ1) is 9.22. The highest BCUT2D eigenvalue weighted by atomic mass is 13.9. The van der Waals surface area contributed by atoms with Crippen LogP contribution in [-0.4, -0.2) is 0 Å². The Morgan fingerprint density at radius 2 is 2.20 bits per heavy atom. The van der Waals surface area contributed by atoms with E-state index in [1.165, 1.54) is 12.0 Å². The van der Waals surface area contributed by atoms with Crippen molar-refractivity contribution < 1.29 is 0 Å². The smallest absolute Gasteiger partial charge is 0.0138 e. The minimum Gasteiger partial charge on any atom is -0.0995 e. The molecule has 0 N–H and O–H groups in total. The predicted molar refractivity (Wildman–Crippen MR) is 48.0 cm³/mol.